The van der Waals surface area contributed by atoms with Gasteiger partial charge >= 0.3 is 0 Å². The van der Waals surface area contributed by atoms with Crippen molar-refractivity contribution in [3.05, 3.63) is 21.9 Å². The molecule has 5 heteroatoms. The van der Waals surface area contributed by atoms with E-state index in [2.05, 4.69) is 16.7 Å². The predicted octanol–water partition coefficient (Wildman–Crippen LogP) is 2.65. The Hall–Kier alpha value is -0.910. The van der Waals surface area contributed by atoms with Crippen LogP contribution in [0.25, 0.3) is 0 Å². The molecule has 2 atom stereocenters. The summed E-state index contributed by atoms with van der Waals surface area (Å²) in [4.78, 5) is 13.7. The van der Waals surface area contributed by atoms with E-state index in [0.717, 1.165) is 37.7 Å². The molecule has 1 amide bonds. The summed E-state index contributed by atoms with van der Waals surface area (Å²) in [5.41, 5.74) is 0.834. The third kappa shape index (κ3) is 3.21. The molecular formula is C17H24N2O2S. The number of carbonyl (C=O) groups excluding carboxylic acids is 1. The SMILES string of the molecule is O=C(NC1CCOCC1)c1csc(C2C[C@@H]2NC2CCC2)c1. The first-order chi connectivity index (χ1) is 10.8. The van der Waals surface area contributed by atoms with Crippen LogP contribution < -0.4 is 10.6 Å². The Morgan fingerprint density at radius 3 is 2.73 bits per heavy atom. The van der Waals surface area contributed by atoms with Crippen LogP contribution in [0.15, 0.2) is 11.4 Å². The van der Waals surface area contributed by atoms with Crippen LogP contribution in [0.2, 0.25) is 0 Å². The Bertz CT molecular complexity index is 535. The lowest BCUT2D eigenvalue weighted by atomic mass is 9.93. The lowest BCUT2D eigenvalue weighted by Crippen LogP contribution is -2.38. The van der Waals surface area contributed by atoms with Gasteiger partial charge in [0, 0.05) is 47.5 Å². The summed E-state index contributed by atoms with van der Waals surface area (Å²) in [5.74, 6) is 0.716. The molecule has 22 heavy (non-hydrogen) atoms. The lowest BCUT2D eigenvalue weighted by Gasteiger charge is -2.26. The van der Waals surface area contributed by atoms with E-state index in [4.69, 9.17) is 4.74 Å². The maximum atomic E-state index is 12.3. The fourth-order valence-corrected chi connectivity index (χ4v) is 4.42. The van der Waals surface area contributed by atoms with Crippen LogP contribution in [0.1, 0.15) is 59.7 Å². The third-order valence-electron chi connectivity index (χ3n) is 5.15. The van der Waals surface area contributed by atoms with E-state index in [1.165, 1.54) is 30.6 Å². The van der Waals surface area contributed by atoms with E-state index < -0.39 is 0 Å². The first-order valence-electron chi connectivity index (χ1n) is 8.52. The number of nitrogens with one attached hydrogen (secondary N) is 2. The minimum atomic E-state index is 0.0820. The smallest absolute Gasteiger partial charge is 0.252 e. The van der Waals surface area contributed by atoms with E-state index in [1.807, 2.05) is 5.38 Å². The van der Waals surface area contributed by atoms with Crippen LogP contribution in [-0.4, -0.2) is 37.2 Å². The van der Waals surface area contributed by atoms with Crippen LogP contribution in [0.5, 0.6) is 0 Å². The second-order valence-electron chi connectivity index (χ2n) is 6.84. The van der Waals surface area contributed by atoms with Gasteiger partial charge in [0.1, 0.15) is 0 Å². The molecule has 3 aliphatic rings. The van der Waals surface area contributed by atoms with Crippen molar-refractivity contribution < 1.29 is 9.53 Å². The molecule has 0 aromatic carbocycles. The molecule has 2 heterocycles. The number of hydrogen-bond acceptors (Lipinski definition) is 4. The average molecular weight is 320 g/mol. The molecule has 1 saturated heterocycles. The molecule has 2 saturated carbocycles. The predicted molar refractivity (Wildman–Crippen MR) is 87.5 cm³/mol. The molecule has 1 aromatic rings. The number of carbonyl (C=O) groups is 1. The minimum Gasteiger partial charge on any atom is -0.381 e. The average Bonchev–Trinajstić information content (AvgIpc) is 3.08. The highest BCUT2D eigenvalue weighted by atomic mass is 32.1. The number of rotatable bonds is 5. The monoisotopic (exact) mass is 320 g/mol. The molecule has 0 bridgehead atoms. The Kier molecular flexibility index (Phi) is 4.20. The van der Waals surface area contributed by atoms with Gasteiger partial charge in [0.05, 0.1) is 5.56 Å². The van der Waals surface area contributed by atoms with E-state index >= 15 is 0 Å². The second kappa shape index (κ2) is 6.30. The van der Waals surface area contributed by atoms with Gasteiger partial charge in [-0.1, -0.05) is 6.42 Å². The molecule has 3 fully saturated rings. The minimum absolute atomic E-state index is 0.0820. The van der Waals surface area contributed by atoms with E-state index in [-0.39, 0.29) is 11.9 Å². The summed E-state index contributed by atoms with van der Waals surface area (Å²) in [5, 5.41) is 8.89. The van der Waals surface area contributed by atoms with Crippen molar-refractivity contribution in [3.63, 3.8) is 0 Å². The largest absolute Gasteiger partial charge is 0.381 e. The molecule has 2 N–H and O–H groups in total. The molecule has 0 spiro atoms. The van der Waals surface area contributed by atoms with Gasteiger partial charge < -0.3 is 15.4 Å². The standard InChI is InChI=1S/C17H24N2O2S/c20-17(19-13-4-6-21-7-5-13)11-8-16(22-10-11)14-9-15(14)18-12-2-1-3-12/h8,10,12-15,18H,1-7,9H2,(H,19,20)/t14?,15-/m0/s1. The van der Waals surface area contributed by atoms with Crippen LogP contribution in [0.3, 0.4) is 0 Å². The molecule has 1 unspecified atom stereocenters. The maximum absolute atomic E-state index is 12.3. The van der Waals surface area contributed by atoms with Crippen molar-refractivity contribution in [1.82, 2.24) is 10.6 Å². The number of amides is 1. The van der Waals surface area contributed by atoms with Gasteiger partial charge in [-0.15, -0.1) is 11.3 Å². The number of thiophene rings is 1. The van der Waals surface area contributed by atoms with Gasteiger partial charge in [-0.2, -0.15) is 0 Å². The highest BCUT2D eigenvalue weighted by Gasteiger charge is 2.41. The molecule has 2 aliphatic carbocycles. The molecular weight excluding hydrogens is 296 g/mol. The zero-order valence-electron chi connectivity index (χ0n) is 12.8. The second-order valence-corrected chi connectivity index (χ2v) is 7.78. The zero-order valence-corrected chi connectivity index (χ0v) is 13.7. The van der Waals surface area contributed by atoms with E-state index in [1.54, 1.807) is 11.3 Å². The third-order valence-corrected chi connectivity index (χ3v) is 6.21. The van der Waals surface area contributed by atoms with Crippen molar-refractivity contribution in [3.8, 4) is 0 Å². The number of ether oxygens (including phenoxy) is 1. The summed E-state index contributed by atoms with van der Waals surface area (Å²) in [6, 6.07) is 3.78. The fraction of sp³-hybridized carbons (Fsp3) is 0.706. The quantitative estimate of drug-likeness (QED) is 0.877. The summed E-state index contributed by atoms with van der Waals surface area (Å²) in [7, 11) is 0. The van der Waals surface area contributed by atoms with Gasteiger partial charge in [-0.25, -0.2) is 0 Å². The Balaban J connectivity index is 1.30. The van der Waals surface area contributed by atoms with Gasteiger partial charge in [-0.05, 0) is 38.2 Å². The van der Waals surface area contributed by atoms with Gasteiger partial charge in [0.25, 0.3) is 5.91 Å². The van der Waals surface area contributed by atoms with Crippen molar-refractivity contribution >= 4 is 17.2 Å². The van der Waals surface area contributed by atoms with Crippen LogP contribution in [0, 0.1) is 0 Å². The highest BCUT2D eigenvalue weighted by Crippen LogP contribution is 2.44. The molecule has 120 valence electrons. The summed E-state index contributed by atoms with van der Waals surface area (Å²) in [6.45, 7) is 1.52. The Morgan fingerprint density at radius 1 is 1.18 bits per heavy atom. The van der Waals surface area contributed by atoms with Gasteiger partial charge in [0.15, 0.2) is 0 Å². The van der Waals surface area contributed by atoms with Crippen LogP contribution in [-0.2, 0) is 4.74 Å². The van der Waals surface area contributed by atoms with Gasteiger partial charge in [0.2, 0.25) is 0 Å². The van der Waals surface area contributed by atoms with Gasteiger partial charge in [-0.3, -0.25) is 4.79 Å². The van der Waals surface area contributed by atoms with Crippen molar-refractivity contribution in [2.24, 2.45) is 0 Å². The first-order valence-corrected chi connectivity index (χ1v) is 9.40. The van der Waals surface area contributed by atoms with Crippen molar-refractivity contribution in [2.75, 3.05) is 13.2 Å². The summed E-state index contributed by atoms with van der Waals surface area (Å²) >= 11 is 1.74. The molecule has 1 aromatic heterocycles. The van der Waals surface area contributed by atoms with Crippen LogP contribution in [0.4, 0.5) is 0 Å². The van der Waals surface area contributed by atoms with Crippen LogP contribution >= 0.6 is 11.3 Å². The maximum Gasteiger partial charge on any atom is 0.252 e. The lowest BCUT2D eigenvalue weighted by molar-refractivity contribution is 0.0696. The molecule has 1 aliphatic heterocycles. The normalized spacial score (nSPS) is 29.1. The fourth-order valence-electron chi connectivity index (χ4n) is 3.35. The topological polar surface area (TPSA) is 50.4 Å². The Labute approximate surface area is 135 Å². The van der Waals surface area contributed by atoms with Crippen molar-refractivity contribution in [2.45, 2.75) is 62.6 Å². The molecule has 4 rings (SSSR count). The highest BCUT2D eigenvalue weighted by molar-refractivity contribution is 7.10. The Morgan fingerprint density at radius 2 is 2.00 bits per heavy atom. The van der Waals surface area contributed by atoms with Crippen molar-refractivity contribution in [1.29, 1.82) is 0 Å². The molecule has 0 radical (unpaired) electrons. The zero-order chi connectivity index (χ0) is 14.9. The number of hydrogen-bond donors (Lipinski definition) is 2. The summed E-state index contributed by atoms with van der Waals surface area (Å²) < 4.78 is 5.33. The van der Waals surface area contributed by atoms with E-state index in [9.17, 15) is 4.79 Å². The summed E-state index contributed by atoms with van der Waals surface area (Å²) in [6.07, 6.45) is 7.15. The first kappa shape index (κ1) is 14.7. The van der Waals surface area contributed by atoms with E-state index in [0.29, 0.717) is 12.0 Å². The molecule has 4 nitrogen and oxygen atoms in total.